The molecule has 1 unspecified atom stereocenters. The molecule has 0 spiro atoms. The Balaban J connectivity index is 4.61. The Morgan fingerprint density at radius 1 is 0.833 bits per heavy atom. The molecule has 2 N–H and O–H groups in total. The van der Waals surface area contributed by atoms with E-state index in [4.69, 9.17) is 5.11 Å². The third-order valence-corrected chi connectivity index (χ3v) is 20.0. The predicted molar refractivity (Wildman–Crippen MR) is 82.8 cm³/mol. The van der Waals surface area contributed by atoms with Gasteiger partial charge in [0.1, 0.15) is 0 Å². The van der Waals surface area contributed by atoms with Crippen LogP contribution in [0.15, 0.2) is 0 Å². The summed E-state index contributed by atoms with van der Waals surface area (Å²) in [7, 11) is 0. The molecule has 0 rings (SSSR count). The van der Waals surface area contributed by atoms with Crippen LogP contribution in [0.4, 0.5) is 0 Å². The monoisotopic (exact) mass is 366 g/mol. The van der Waals surface area contributed by atoms with Gasteiger partial charge in [-0.15, -0.1) is 0 Å². The molecule has 0 aromatic rings. The molecule has 18 heavy (non-hydrogen) atoms. The number of unbranched alkanes of at least 4 members (excludes halogenated alkanes) is 3. The van der Waals surface area contributed by atoms with Crippen molar-refractivity contribution in [1.29, 1.82) is 0 Å². The number of aliphatic hydroxyl groups is 2. The Bertz CT molecular complexity index is 164. The summed E-state index contributed by atoms with van der Waals surface area (Å²) < 4.78 is 5.25. The molecule has 0 aliphatic rings. The maximum atomic E-state index is 9.89. The van der Waals surface area contributed by atoms with Gasteiger partial charge < -0.3 is 0 Å². The first-order valence-corrected chi connectivity index (χ1v) is 16.0. The van der Waals surface area contributed by atoms with Crippen molar-refractivity contribution in [3.63, 3.8) is 0 Å². The zero-order chi connectivity index (χ0) is 13.9. The van der Waals surface area contributed by atoms with E-state index in [9.17, 15) is 5.11 Å². The van der Waals surface area contributed by atoms with Gasteiger partial charge in [0.05, 0.1) is 0 Å². The first kappa shape index (κ1) is 18.7. The normalized spacial score (nSPS) is 13.8. The van der Waals surface area contributed by atoms with Gasteiger partial charge >= 0.3 is 118 Å². The minimum atomic E-state index is -2.18. The van der Waals surface area contributed by atoms with Crippen LogP contribution in [0, 0.1) is 0 Å². The standard InChI is InChI=1S/3C4H9.C3H7O2.Sn/c3*1-3-4-2;1-3(5)2-4;/h3*1,3-4H2,2H3;3-5H,1-2H2;. The van der Waals surface area contributed by atoms with Gasteiger partial charge in [-0.1, -0.05) is 0 Å². The SMILES string of the molecule is CCC[CH2][Sn]([CH2]CCC)([CH2]CCC)[CH2]C(O)CO. The molecule has 110 valence electrons. The first-order valence-electron chi connectivity index (χ1n) is 7.93. The maximum absolute atomic E-state index is 9.89. The van der Waals surface area contributed by atoms with Crippen LogP contribution in [-0.4, -0.2) is 41.3 Å². The van der Waals surface area contributed by atoms with Gasteiger partial charge in [0.15, 0.2) is 0 Å². The fraction of sp³-hybridized carbons (Fsp3) is 1.00. The molecule has 0 aliphatic carbocycles. The molecule has 0 heterocycles. The number of aliphatic hydroxyl groups excluding tert-OH is 2. The zero-order valence-corrected chi connectivity index (χ0v) is 15.6. The second-order valence-corrected chi connectivity index (χ2v) is 19.9. The van der Waals surface area contributed by atoms with Crippen LogP contribution in [0.3, 0.4) is 0 Å². The fourth-order valence-electron chi connectivity index (χ4n) is 2.90. The summed E-state index contributed by atoms with van der Waals surface area (Å²) in [6.45, 7) is 6.75. The molecule has 0 fully saturated rings. The van der Waals surface area contributed by atoms with Crippen LogP contribution in [0.25, 0.3) is 0 Å². The van der Waals surface area contributed by atoms with E-state index in [2.05, 4.69) is 20.8 Å². The quantitative estimate of drug-likeness (QED) is 0.510. The van der Waals surface area contributed by atoms with E-state index >= 15 is 0 Å². The van der Waals surface area contributed by atoms with Crippen molar-refractivity contribution in [1.82, 2.24) is 0 Å². The first-order chi connectivity index (χ1) is 8.64. The second-order valence-electron chi connectivity index (χ2n) is 5.85. The summed E-state index contributed by atoms with van der Waals surface area (Å²) in [6.07, 6.45) is 7.38. The van der Waals surface area contributed by atoms with Gasteiger partial charge in [-0.25, -0.2) is 0 Å². The average Bonchev–Trinajstić information content (AvgIpc) is 2.40. The molecular formula is C15H34O2Sn. The summed E-state index contributed by atoms with van der Waals surface area (Å²) in [5, 5.41) is 19.1. The van der Waals surface area contributed by atoms with Crippen molar-refractivity contribution in [2.75, 3.05) is 6.61 Å². The van der Waals surface area contributed by atoms with Gasteiger partial charge in [-0.2, -0.15) is 0 Å². The van der Waals surface area contributed by atoms with Crippen molar-refractivity contribution >= 4 is 18.4 Å². The Labute approximate surface area is 118 Å². The van der Waals surface area contributed by atoms with Crippen molar-refractivity contribution in [2.24, 2.45) is 0 Å². The third-order valence-electron chi connectivity index (χ3n) is 4.06. The Morgan fingerprint density at radius 2 is 1.22 bits per heavy atom. The van der Waals surface area contributed by atoms with Gasteiger partial charge in [-0.05, 0) is 0 Å². The molecule has 2 nitrogen and oxygen atoms in total. The summed E-state index contributed by atoms with van der Waals surface area (Å²) in [4.78, 5) is 0. The van der Waals surface area contributed by atoms with Gasteiger partial charge in [-0.3, -0.25) is 0 Å². The van der Waals surface area contributed by atoms with Crippen molar-refractivity contribution in [3.05, 3.63) is 0 Å². The Kier molecular flexibility index (Phi) is 12.0. The second kappa shape index (κ2) is 11.5. The summed E-state index contributed by atoms with van der Waals surface area (Å²) in [5.41, 5.74) is 0. The topological polar surface area (TPSA) is 40.5 Å². The molecule has 0 saturated carbocycles. The number of hydrogen-bond acceptors (Lipinski definition) is 2. The number of rotatable bonds is 12. The van der Waals surface area contributed by atoms with E-state index in [0.29, 0.717) is 0 Å². The van der Waals surface area contributed by atoms with Gasteiger partial charge in [0.25, 0.3) is 0 Å². The van der Waals surface area contributed by atoms with E-state index in [1.807, 2.05) is 0 Å². The molecule has 0 aliphatic heterocycles. The zero-order valence-electron chi connectivity index (χ0n) is 12.7. The molecule has 0 saturated heterocycles. The van der Waals surface area contributed by atoms with Gasteiger partial charge in [0.2, 0.25) is 0 Å². The van der Waals surface area contributed by atoms with Crippen LogP contribution in [0.1, 0.15) is 59.3 Å². The predicted octanol–water partition coefficient (Wildman–Crippen LogP) is 4.19. The fourth-order valence-corrected chi connectivity index (χ4v) is 19.5. The molecule has 0 radical (unpaired) electrons. The molecule has 0 bridgehead atoms. The average molecular weight is 365 g/mol. The van der Waals surface area contributed by atoms with Gasteiger partial charge in [0, 0.05) is 0 Å². The summed E-state index contributed by atoms with van der Waals surface area (Å²) in [5.74, 6) is 0. The minimum absolute atomic E-state index is 0.0386. The van der Waals surface area contributed by atoms with Crippen LogP contribution in [0.5, 0.6) is 0 Å². The molecule has 1 atom stereocenters. The van der Waals surface area contributed by atoms with Crippen LogP contribution in [-0.2, 0) is 0 Å². The summed E-state index contributed by atoms with van der Waals surface area (Å²) in [6, 6.07) is 0. The van der Waals surface area contributed by atoms with Crippen molar-refractivity contribution in [3.8, 4) is 0 Å². The van der Waals surface area contributed by atoms with E-state index in [0.717, 1.165) is 4.44 Å². The summed E-state index contributed by atoms with van der Waals surface area (Å²) >= 11 is -2.18. The van der Waals surface area contributed by atoms with E-state index < -0.39 is 24.5 Å². The molecular weight excluding hydrogens is 331 g/mol. The van der Waals surface area contributed by atoms with E-state index in [1.165, 1.54) is 51.8 Å². The Morgan fingerprint density at radius 3 is 1.50 bits per heavy atom. The molecule has 0 aromatic heterocycles. The molecule has 0 amide bonds. The van der Waals surface area contributed by atoms with E-state index in [1.54, 1.807) is 0 Å². The van der Waals surface area contributed by atoms with Crippen molar-refractivity contribution in [2.45, 2.75) is 83.1 Å². The molecule has 0 aromatic carbocycles. The van der Waals surface area contributed by atoms with Crippen LogP contribution >= 0.6 is 0 Å². The van der Waals surface area contributed by atoms with Crippen LogP contribution < -0.4 is 0 Å². The molecule has 3 heteroatoms. The van der Waals surface area contributed by atoms with Crippen LogP contribution in [0.2, 0.25) is 17.7 Å². The Hall–Kier alpha value is 0.719. The third kappa shape index (κ3) is 8.00. The van der Waals surface area contributed by atoms with E-state index in [-0.39, 0.29) is 6.61 Å². The number of hydrogen-bond donors (Lipinski definition) is 2. The van der Waals surface area contributed by atoms with Crippen molar-refractivity contribution < 1.29 is 10.2 Å².